The third kappa shape index (κ3) is 5.06. The van der Waals surface area contributed by atoms with Crippen molar-refractivity contribution in [3.05, 3.63) is 41.6 Å². The molecule has 2 saturated heterocycles. The average Bonchev–Trinajstić information content (AvgIpc) is 3.29. The molecule has 2 fully saturated rings. The Morgan fingerprint density at radius 1 is 1.13 bits per heavy atom. The largest absolute Gasteiger partial charge is 0.419 e. The Bertz CT molecular complexity index is 917. The van der Waals surface area contributed by atoms with E-state index in [1.165, 1.54) is 6.07 Å². The smallest absolute Gasteiger partial charge is 0.333 e. The standard InChI is InChI=1S/C21H24F6N4/c22-17-2-1-15(11-16(17)21(25,26)27)18-12-31(10-9-30-8-5-20(23,24)13-30)19(29-18)14-3-6-28-7-4-14/h1-2,11-12,14,28H,3-10,13H2. The number of halogens is 6. The monoisotopic (exact) mass is 446 g/mol. The number of nitrogens with zero attached hydrogens (tertiary/aromatic N) is 3. The van der Waals surface area contributed by atoms with Gasteiger partial charge in [-0.3, -0.25) is 4.90 Å². The zero-order chi connectivity index (χ0) is 22.2. The molecular weight excluding hydrogens is 422 g/mol. The minimum atomic E-state index is -4.80. The molecule has 2 aliphatic rings. The van der Waals surface area contributed by atoms with E-state index in [1.807, 2.05) is 4.57 Å². The van der Waals surface area contributed by atoms with Gasteiger partial charge in [0.05, 0.1) is 17.8 Å². The molecule has 0 amide bonds. The third-order valence-corrected chi connectivity index (χ3v) is 5.99. The van der Waals surface area contributed by atoms with Gasteiger partial charge in [0.1, 0.15) is 11.6 Å². The van der Waals surface area contributed by atoms with Crippen molar-refractivity contribution in [2.24, 2.45) is 0 Å². The number of likely N-dealkylation sites (tertiary alicyclic amines) is 1. The molecule has 1 N–H and O–H groups in total. The van der Waals surface area contributed by atoms with Crippen LogP contribution >= 0.6 is 0 Å². The van der Waals surface area contributed by atoms with Crippen LogP contribution in [0.3, 0.4) is 0 Å². The highest BCUT2D eigenvalue weighted by molar-refractivity contribution is 5.60. The average molecular weight is 446 g/mol. The predicted octanol–water partition coefficient (Wildman–Crippen LogP) is 4.52. The molecule has 0 radical (unpaired) electrons. The minimum absolute atomic E-state index is 0.123. The maximum atomic E-state index is 13.7. The highest BCUT2D eigenvalue weighted by Crippen LogP contribution is 2.35. The van der Waals surface area contributed by atoms with Gasteiger partial charge >= 0.3 is 6.18 Å². The maximum absolute atomic E-state index is 13.7. The first-order valence-corrected chi connectivity index (χ1v) is 10.4. The zero-order valence-corrected chi connectivity index (χ0v) is 16.9. The molecule has 0 spiro atoms. The fourth-order valence-electron chi connectivity index (χ4n) is 4.30. The van der Waals surface area contributed by atoms with Crippen molar-refractivity contribution in [3.8, 4) is 11.3 Å². The molecule has 2 aromatic rings. The first-order valence-electron chi connectivity index (χ1n) is 10.4. The van der Waals surface area contributed by atoms with E-state index in [9.17, 15) is 26.3 Å². The number of hydrogen-bond donors (Lipinski definition) is 1. The van der Waals surface area contributed by atoms with Gasteiger partial charge in [0.25, 0.3) is 5.92 Å². The molecule has 0 bridgehead atoms. The van der Waals surface area contributed by atoms with E-state index in [0.717, 1.165) is 43.9 Å². The number of piperidine rings is 1. The van der Waals surface area contributed by atoms with Gasteiger partial charge in [0, 0.05) is 43.7 Å². The second-order valence-electron chi connectivity index (χ2n) is 8.28. The van der Waals surface area contributed by atoms with Gasteiger partial charge in [0.15, 0.2) is 0 Å². The molecule has 0 atom stereocenters. The fraction of sp³-hybridized carbons (Fsp3) is 0.571. The van der Waals surface area contributed by atoms with Gasteiger partial charge in [-0.25, -0.2) is 18.2 Å². The molecule has 31 heavy (non-hydrogen) atoms. The molecule has 170 valence electrons. The molecule has 1 aromatic heterocycles. The lowest BCUT2D eigenvalue weighted by Gasteiger charge is -2.24. The first-order chi connectivity index (χ1) is 14.6. The van der Waals surface area contributed by atoms with Crippen molar-refractivity contribution < 1.29 is 26.3 Å². The summed E-state index contributed by atoms with van der Waals surface area (Å²) >= 11 is 0. The summed E-state index contributed by atoms with van der Waals surface area (Å²) in [6.45, 7) is 2.45. The quantitative estimate of drug-likeness (QED) is 0.686. The van der Waals surface area contributed by atoms with E-state index in [2.05, 4.69) is 10.3 Å². The molecule has 4 rings (SSSR count). The summed E-state index contributed by atoms with van der Waals surface area (Å²) in [6.07, 6.45) is -1.66. The summed E-state index contributed by atoms with van der Waals surface area (Å²) in [5.41, 5.74) is -0.830. The van der Waals surface area contributed by atoms with Gasteiger partial charge < -0.3 is 9.88 Å². The number of alkyl halides is 5. The fourth-order valence-corrected chi connectivity index (χ4v) is 4.30. The third-order valence-electron chi connectivity index (χ3n) is 5.99. The number of benzene rings is 1. The zero-order valence-electron chi connectivity index (χ0n) is 16.9. The summed E-state index contributed by atoms with van der Waals surface area (Å²) in [7, 11) is 0. The first kappa shape index (κ1) is 22.1. The summed E-state index contributed by atoms with van der Waals surface area (Å²) in [6, 6.07) is 2.85. The van der Waals surface area contributed by atoms with E-state index >= 15 is 0 Å². The number of imidazole rings is 1. The highest BCUT2D eigenvalue weighted by atomic mass is 19.4. The normalized spacial score (nSPS) is 20.5. The highest BCUT2D eigenvalue weighted by Gasteiger charge is 2.38. The van der Waals surface area contributed by atoms with Crippen LogP contribution in [0.5, 0.6) is 0 Å². The number of rotatable bonds is 5. The van der Waals surface area contributed by atoms with E-state index < -0.39 is 23.5 Å². The number of nitrogens with one attached hydrogen (secondary N) is 1. The Morgan fingerprint density at radius 3 is 2.52 bits per heavy atom. The van der Waals surface area contributed by atoms with Crippen LogP contribution in [0.15, 0.2) is 24.4 Å². The minimum Gasteiger partial charge on any atom is -0.333 e. The van der Waals surface area contributed by atoms with Crippen molar-refractivity contribution in [1.82, 2.24) is 19.8 Å². The van der Waals surface area contributed by atoms with Gasteiger partial charge in [-0.15, -0.1) is 0 Å². The molecule has 10 heteroatoms. The Labute approximate surface area is 176 Å². The molecule has 3 heterocycles. The van der Waals surface area contributed by atoms with E-state index in [-0.39, 0.29) is 24.4 Å². The molecule has 0 saturated carbocycles. The van der Waals surface area contributed by atoms with Gasteiger partial charge in [0.2, 0.25) is 0 Å². The van der Waals surface area contributed by atoms with Crippen LogP contribution in [0, 0.1) is 5.82 Å². The molecule has 4 nitrogen and oxygen atoms in total. The summed E-state index contributed by atoms with van der Waals surface area (Å²) in [5, 5.41) is 3.26. The van der Waals surface area contributed by atoms with Crippen molar-refractivity contribution in [1.29, 1.82) is 0 Å². The van der Waals surface area contributed by atoms with Crippen LogP contribution < -0.4 is 5.32 Å². The maximum Gasteiger partial charge on any atom is 0.419 e. The van der Waals surface area contributed by atoms with E-state index in [0.29, 0.717) is 25.3 Å². The summed E-state index contributed by atoms with van der Waals surface area (Å²) in [5.74, 6) is -3.15. The van der Waals surface area contributed by atoms with Crippen molar-refractivity contribution in [2.75, 3.05) is 32.7 Å². The van der Waals surface area contributed by atoms with E-state index in [1.54, 1.807) is 11.1 Å². The Kier molecular flexibility index (Phi) is 6.04. The van der Waals surface area contributed by atoms with Crippen molar-refractivity contribution in [2.45, 2.75) is 43.8 Å². The Hall–Kier alpha value is -2.07. The van der Waals surface area contributed by atoms with E-state index in [4.69, 9.17) is 0 Å². The molecular formula is C21H24F6N4. The predicted molar refractivity (Wildman–Crippen MR) is 103 cm³/mol. The van der Waals surface area contributed by atoms with Crippen LogP contribution in [0.4, 0.5) is 26.3 Å². The topological polar surface area (TPSA) is 33.1 Å². The van der Waals surface area contributed by atoms with Crippen LogP contribution in [-0.2, 0) is 12.7 Å². The Balaban J connectivity index is 1.62. The lowest BCUT2D eigenvalue weighted by atomic mass is 9.97. The lowest BCUT2D eigenvalue weighted by Crippen LogP contribution is -2.30. The Morgan fingerprint density at radius 2 is 1.87 bits per heavy atom. The van der Waals surface area contributed by atoms with Crippen LogP contribution in [0.25, 0.3) is 11.3 Å². The molecule has 2 aliphatic heterocycles. The van der Waals surface area contributed by atoms with Gasteiger partial charge in [-0.1, -0.05) is 0 Å². The van der Waals surface area contributed by atoms with Gasteiger partial charge in [-0.05, 0) is 44.1 Å². The van der Waals surface area contributed by atoms with Crippen molar-refractivity contribution in [3.63, 3.8) is 0 Å². The molecule has 1 aromatic carbocycles. The second-order valence-corrected chi connectivity index (χ2v) is 8.28. The van der Waals surface area contributed by atoms with Crippen LogP contribution in [0.1, 0.15) is 36.6 Å². The second kappa shape index (κ2) is 8.46. The lowest BCUT2D eigenvalue weighted by molar-refractivity contribution is -0.139. The van der Waals surface area contributed by atoms with Gasteiger partial charge in [-0.2, -0.15) is 13.2 Å². The summed E-state index contributed by atoms with van der Waals surface area (Å²) < 4.78 is 81.9. The summed E-state index contributed by atoms with van der Waals surface area (Å²) in [4.78, 5) is 6.30. The molecule has 0 aliphatic carbocycles. The number of aromatic nitrogens is 2. The van der Waals surface area contributed by atoms with Crippen LogP contribution in [0.2, 0.25) is 0 Å². The van der Waals surface area contributed by atoms with Crippen LogP contribution in [-0.4, -0.2) is 53.1 Å². The van der Waals surface area contributed by atoms with Crippen molar-refractivity contribution >= 4 is 0 Å². The molecule has 0 unspecified atom stereocenters. The SMILES string of the molecule is Fc1ccc(-c2cn(CCN3CCC(F)(F)C3)c(C3CCNCC3)n2)cc1C(F)(F)F. The number of hydrogen-bond acceptors (Lipinski definition) is 3.